The number of likely N-dealkylation sites (tertiary alicyclic amines) is 1. The van der Waals surface area contributed by atoms with Crippen molar-refractivity contribution >= 4 is 44.4 Å². The normalized spacial score (nSPS) is 21.3. The molecule has 0 aliphatic carbocycles. The summed E-state index contributed by atoms with van der Waals surface area (Å²) in [5.41, 5.74) is 2.17. The summed E-state index contributed by atoms with van der Waals surface area (Å²) in [7, 11) is -1.73. The van der Waals surface area contributed by atoms with Crippen molar-refractivity contribution in [3.05, 3.63) is 54.1 Å². The van der Waals surface area contributed by atoms with Gasteiger partial charge in [0.1, 0.15) is 4.90 Å². The van der Waals surface area contributed by atoms with Gasteiger partial charge in [0.25, 0.3) is 10.0 Å². The van der Waals surface area contributed by atoms with Crippen LogP contribution < -0.4 is 9.80 Å². The SMILES string of the molecule is CN1CCCN(C(=O)[C@@H]2CCCN(C3=NS(=O)(=O)c4ccccc43)C2)c2nc3ccccc3nc21. The van der Waals surface area contributed by atoms with Gasteiger partial charge in [-0.1, -0.05) is 24.3 Å². The van der Waals surface area contributed by atoms with Gasteiger partial charge in [-0.25, -0.2) is 9.97 Å². The first-order valence-electron chi connectivity index (χ1n) is 11.9. The lowest BCUT2D eigenvalue weighted by atomic mass is 9.95. The summed E-state index contributed by atoms with van der Waals surface area (Å²) in [4.78, 5) is 29.6. The fourth-order valence-corrected chi connectivity index (χ4v) is 6.45. The highest BCUT2D eigenvalue weighted by Crippen LogP contribution is 2.34. The second-order valence-corrected chi connectivity index (χ2v) is 10.9. The van der Waals surface area contributed by atoms with Gasteiger partial charge in [-0.2, -0.15) is 8.42 Å². The number of fused-ring (bicyclic) bond motifs is 3. The Balaban J connectivity index is 1.32. The number of amides is 1. The van der Waals surface area contributed by atoms with Crippen LogP contribution in [0.3, 0.4) is 0 Å². The minimum Gasteiger partial charge on any atom is -0.357 e. The monoisotopic (exact) mass is 490 g/mol. The van der Waals surface area contributed by atoms with Gasteiger partial charge in [0.2, 0.25) is 5.91 Å². The first kappa shape index (κ1) is 22.0. The lowest BCUT2D eigenvalue weighted by molar-refractivity contribution is -0.123. The molecule has 0 saturated carbocycles. The maximum Gasteiger partial charge on any atom is 0.285 e. The second kappa shape index (κ2) is 8.30. The number of hydrogen-bond donors (Lipinski definition) is 0. The molecule has 0 unspecified atom stereocenters. The van der Waals surface area contributed by atoms with E-state index in [-0.39, 0.29) is 16.7 Å². The first-order chi connectivity index (χ1) is 16.9. The fraction of sp³-hybridized carbons (Fsp3) is 0.360. The quantitative estimate of drug-likeness (QED) is 0.517. The number of piperidine rings is 1. The molecule has 0 radical (unpaired) electrons. The zero-order chi connectivity index (χ0) is 24.2. The van der Waals surface area contributed by atoms with E-state index in [0.717, 1.165) is 36.8 Å². The van der Waals surface area contributed by atoms with Crippen LogP contribution in [-0.4, -0.2) is 68.3 Å². The summed E-state index contributed by atoms with van der Waals surface area (Å²) in [6.45, 7) is 2.43. The van der Waals surface area contributed by atoms with E-state index in [2.05, 4.69) is 9.30 Å². The molecule has 0 N–H and O–H groups in total. The zero-order valence-electron chi connectivity index (χ0n) is 19.5. The predicted molar refractivity (Wildman–Crippen MR) is 134 cm³/mol. The molecule has 0 bridgehead atoms. The Kier molecular flexibility index (Phi) is 5.21. The summed E-state index contributed by atoms with van der Waals surface area (Å²) >= 11 is 0. The van der Waals surface area contributed by atoms with Crippen LogP contribution in [0.4, 0.5) is 11.6 Å². The number of hydrogen-bond acceptors (Lipinski definition) is 7. The van der Waals surface area contributed by atoms with Gasteiger partial charge >= 0.3 is 0 Å². The highest BCUT2D eigenvalue weighted by Gasteiger charge is 2.37. The van der Waals surface area contributed by atoms with Crippen LogP contribution in [0.5, 0.6) is 0 Å². The number of sulfonamides is 1. The Morgan fingerprint density at radius 3 is 2.43 bits per heavy atom. The number of carbonyl (C=O) groups is 1. The molecule has 4 heterocycles. The molecule has 0 spiro atoms. The van der Waals surface area contributed by atoms with Crippen molar-refractivity contribution in [2.75, 3.05) is 43.0 Å². The van der Waals surface area contributed by atoms with Gasteiger partial charge in [0.05, 0.1) is 17.0 Å². The number of aromatic nitrogens is 2. The summed E-state index contributed by atoms with van der Waals surface area (Å²) in [5, 5.41) is 0. The molecule has 6 rings (SSSR count). The van der Waals surface area contributed by atoms with Crippen molar-refractivity contribution in [3.8, 4) is 0 Å². The topological polar surface area (TPSA) is 99.1 Å². The molecule has 9 nitrogen and oxygen atoms in total. The number of rotatable bonds is 1. The van der Waals surface area contributed by atoms with E-state index in [0.29, 0.717) is 42.7 Å². The maximum atomic E-state index is 13.9. The van der Waals surface area contributed by atoms with Gasteiger partial charge < -0.3 is 9.80 Å². The first-order valence-corrected chi connectivity index (χ1v) is 13.3. The van der Waals surface area contributed by atoms with E-state index in [4.69, 9.17) is 9.97 Å². The van der Waals surface area contributed by atoms with Crippen LogP contribution in [0.2, 0.25) is 0 Å². The van der Waals surface area contributed by atoms with Crippen LogP contribution in [0.15, 0.2) is 57.8 Å². The lowest BCUT2D eigenvalue weighted by Gasteiger charge is -2.35. The molecule has 1 fully saturated rings. The van der Waals surface area contributed by atoms with Crippen molar-refractivity contribution in [3.63, 3.8) is 0 Å². The smallest absolute Gasteiger partial charge is 0.285 e. The largest absolute Gasteiger partial charge is 0.357 e. The molecule has 10 heteroatoms. The minimum absolute atomic E-state index is 0.00516. The van der Waals surface area contributed by atoms with E-state index < -0.39 is 10.0 Å². The van der Waals surface area contributed by atoms with Crippen molar-refractivity contribution in [1.29, 1.82) is 0 Å². The van der Waals surface area contributed by atoms with Gasteiger partial charge in [0.15, 0.2) is 17.5 Å². The summed E-state index contributed by atoms with van der Waals surface area (Å²) in [6, 6.07) is 14.6. The fourth-order valence-electron chi connectivity index (χ4n) is 5.22. The molecule has 1 amide bonds. The standard InChI is InChI=1S/C25H26N6O3S/c1-29-13-7-15-31(24-23(29)26-19-10-3-4-11-20(19)27-24)25(32)17-8-6-14-30(16-17)22-18-9-2-5-12-21(18)35(33,34)28-22/h2-5,9-12,17H,6-8,13-16H2,1H3/t17-/m1/s1. The van der Waals surface area contributed by atoms with E-state index in [9.17, 15) is 13.2 Å². The van der Waals surface area contributed by atoms with E-state index >= 15 is 0 Å². The molecule has 1 aromatic heterocycles. The average molecular weight is 491 g/mol. The van der Waals surface area contributed by atoms with Gasteiger partial charge in [-0.3, -0.25) is 9.69 Å². The molecule has 180 valence electrons. The molecular formula is C25H26N6O3S. The maximum absolute atomic E-state index is 13.9. The van der Waals surface area contributed by atoms with Crippen molar-refractivity contribution in [1.82, 2.24) is 14.9 Å². The Bertz CT molecular complexity index is 1470. The highest BCUT2D eigenvalue weighted by atomic mass is 32.2. The van der Waals surface area contributed by atoms with Crippen LogP contribution >= 0.6 is 0 Å². The Labute approximate surface area is 204 Å². The predicted octanol–water partition coefficient (Wildman–Crippen LogP) is 2.66. The second-order valence-electron chi connectivity index (χ2n) is 9.30. The van der Waals surface area contributed by atoms with E-state index in [1.807, 2.05) is 42.3 Å². The van der Waals surface area contributed by atoms with Crippen LogP contribution in [0, 0.1) is 5.92 Å². The minimum atomic E-state index is -3.71. The Hall–Kier alpha value is -3.53. The number of benzene rings is 2. The average Bonchev–Trinajstić information content (AvgIpc) is 3.05. The third-order valence-electron chi connectivity index (χ3n) is 6.98. The molecule has 3 aliphatic heterocycles. The van der Waals surface area contributed by atoms with Crippen LogP contribution in [0.1, 0.15) is 24.8 Å². The molecule has 35 heavy (non-hydrogen) atoms. The lowest BCUT2D eigenvalue weighted by Crippen LogP contribution is -2.47. The number of carbonyl (C=O) groups excluding carboxylic acids is 1. The number of para-hydroxylation sites is 2. The van der Waals surface area contributed by atoms with Crippen molar-refractivity contribution < 1.29 is 13.2 Å². The van der Waals surface area contributed by atoms with Crippen molar-refractivity contribution in [2.45, 2.75) is 24.2 Å². The van der Waals surface area contributed by atoms with Gasteiger partial charge in [0, 0.05) is 38.8 Å². The molecule has 2 aromatic carbocycles. The third-order valence-corrected chi connectivity index (χ3v) is 8.30. The van der Waals surface area contributed by atoms with E-state index in [1.165, 1.54) is 0 Å². The van der Waals surface area contributed by atoms with Gasteiger partial charge in [-0.15, -0.1) is 4.40 Å². The van der Waals surface area contributed by atoms with Crippen molar-refractivity contribution in [2.24, 2.45) is 10.3 Å². The van der Waals surface area contributed by atoms with E-state index in [1.54, 1.807) is 23.1 Å². The summed E-state index contributed by atoms with van der Waals surface area (Å²) in [6.07, 6.45) is 2.33. The molecule has 1 saturated heterocycles. The highest BCUT2D eigenvalue weighted by molar-refractivity contribution is 7.90. The molecule has 3 aromatic rings. The van der Waals surface area contributed by atoms with Gasteiger partial charge in [-0.05, 0) is 43.5 Å². The molecular weight excluding hydrogens is 464 g/mol. The number of amidine groups is 1. The Morgan fingerprint density at radius 2 is 1.63 bits per heavy atom. The number of anilines is 2. The summed E-state index contributed by atoms with van der Waals surface area (Å²) in [5.74, 6) is 1.47. The Morgan fingerprint density at radius 1 is 0.914 bits per heavy atom. The zero-order valence-corrected chi connectivity index (χ0v) is 20.3. The summed E-state index contributed by atoms with van der Waals surface area (Å²) < 4.78 is 29.2. The number of nitrogens with zero attached hydrogens (tertiary/aromatic N) is 6. The molecule has 1 atom stereocenters. The van der Waals surface area contributed by atoms with Crippen LogP contribution in [-0.2, 0) is 14.8 Å². The van der Waals surface area contributed by atoms with Crippen LogP contribution in [0.25, 0.3) is 11.0 Å². The molecule has 3 aliphatic rings. The third kappa shape index (κ3) is 3.72.